The minimum Gasteiger partial charge on any atom is -0.222 e. The van der Waals surface area contributed by atoms with Gasteiger partial charge in [-0.2, -0.15) is 0 Å². The topological polar surface area (TPSA) is 109 Å². The molecule has 0 amide bonds. The van der Waals surface area contributed by atoms with Crippen molar-refractivity contribution in [2.75, 3.05) is 0 Å². The number of aryl methyl sites for hydroxylation is 1. The van der Waals surface area contributed by atoms with Crippen LogP contribution in [0.4, 0.5) is 0 Å². The van der Waals surface area contributed by atoms with Crippen LogP contribution in [0.5, 0.6) is 0 Å². The van der Waals surface area contributed by atoms with Crippen molar-refractivity contribution in [2.45, 2.75) is 0 Å². The largest absolute Gasteiger partial charge is 0.222 e. The van der Waals surface area contributed by atoms with Crippen molar-refractivity contribution < 1.29 is 33.6 Å². The Morgan fingerprint density at radius 3 is 2.12 bits per heavy atom. The molecule has 86 valence electrons. The van der Waals surface area contributed by atoms with E-state index < -0.39 is 10.2 Å². The number of benzene rings is 1. The summed E-state index contributed by atoms with van der Waals surface area (Å²) < 4.78 is 35.8. The van der Waals surface area contributed by atoms with Gasteiger partial charge in [-0.05, 0) is 11.2 Å². The van der Waals surface area contributed by atoms with E-state index in [0.717, 1.165) is 0 Å². The Morgan fingerprint density at radius 2 is 1.56 bits per heavy atom. The normalized spacial score (nSPS) is 10.8. The van der Waals surface area contributed by atoms with Gasteiger partial charge in [0.2, 0.25) is 6.20 Å². The lowest BCUT2D eigenvalue weighted by molar-refractivity contribution is -2.00. The first-order valence-electron chi connectivity index (χ1n) is 4.19. The van der Waals surface area contributed by atoms with E-state index in [1.54, 1.807) is 0 Å². The summed E-state index contributed by atoms with van der Waals surface area (Å²) in [5.74, 6) is 0. The third kappa shape index (κ3) is 4.96. The first-order chi connectivity index (χ1) is 7.36. The second kappa shape index (κ2) is 5.15. The number of hydrogen-bond donors (Lipinski definition) is 0. The molecule has 0 N–H and O–H groups in total. The van der Waals surface area contributed by atoms with Gasteiger partial charge in [-0.15, -0.1) is 10.2 Å². The maximum absolute atomic E-state index is 8.49. The number of nitrogens with zero attached hydrogens (tertiary/aromatic N) is 2. The van der Waals surface area contributed by atoms with E-state index in [0.29, 0.717) is 0 Å². The molecule has 16 heavy (non-hydrogen) atoms. The summed E-state index contributed by atoms with van der Waals surface area (Å²) in [4.78, 5) is 0. The van der Waals surface area contributed by atoms with Gasteiger partial charge in [0.15, 0.2) is 7.05 Å². The summed E-state index contributed by atoms with van der Waals surface area (Å²) in [5, 5.41) is 6.54. The van der Waals surface area contributed by atoms with Crippen LogP contribution in [0.3, 0.4) is 0 Å². The van der Waals surface area contributed by atoms with Gasteiger partial charge < -0.3 is 0 Å². The van der Waals surface area contributed by atoms with Crippen molar-refractivity contribution in [3.8, 4) is 0 Å². The van der Waals surface area contributed by atoms with Gasteiger partial charge in [0.05, 0.1) is 0 Å². The highest BCUT2D eigenvalue weighted by atomic mass is 35.7. The molecule has 2 rings (SSSR count). The van der Waals surface area contributed by atoms with E-state index in [4.69, 9.17) is 18.6 Å². The fourth-order valence-electron chi connectivity index (χ4n) is 1.13. The smallest absolute Gasteiger partial charge is 0.203 e. The summed E-state index contributed by atoms with van der Waals surface area (Å²) in [6.07, 6.45) is 3.88. The molecule has 0 saturated carbocycles. The SMILES string of the molecule is C[n+]1cc2ccccc2cn1.[O-][Cl+3]([O-])([O-])[O-]. The average Bonchev–Trinajstić information content (AvgIpc) is 2.15. The molecule has 0 aliphatic rings. The Kier molecular flexibility index (Phi) is 4.11. The molecule has 6 nitrogen and oxygen atoms in total. The highest BCUT2D eigenvalue weighted by Gasteiger charge is 1.96. The van der Waals surface area contributed by atoms with Crippen LogP contribution in [0.2, 0.25) is 0 Å². The summed E-state index contributed by atoms with van der Waals surface area (Å²) in [5.41, 5.74) is 0. The van der Waals surface area contributed by atoms with Gasteiger partial charge in [-0.25, -0.2) is 18.6 Å². The zero-order valence-electron chi connectivity index (χ0n) is 8.37. The van der Waals surface area contributed by atoms with Crippen LogP contribution in [0.1, 0.15) is 0 Å². The first-order valence-corrected chi connectivity index (χ1v) is 5.42. The molecule has 0 saturated heterocycles. The molecule has 2 aromatic rings. The van der Waals surface area contributed by atoms with E-state index >= 15 is 0 Å². The minimum atomic E-state index is -4.94. The summed E-state index contributed by atoms with van der Waals surface area (Å²) in [6.45, 7) is 0. The number of fused-ring (bicyclic) bond motifs is 1. The summed E-state index contributed by atoms with van der Waals surface area (Å²) in [6, 6.07) is 8.19. The quantitative estimate of drug-likeness (QED) is 0.443. The van der Waals surface area contributed by atoms with E-state index in [2.05, 4.69) is 17.2 Å². The molecule has 1 heterocycles. The monoisotopic (exact) mass is 244 g/mol. The zero-order chi connectivity index (χ0) is 12.2. The summed E-state index contributed by atoms with van der Waals surface area (Å²) >= 11 is 0. The molecular formula is C9H9ClN2O4. The van der Waals surface area contributed by atoms with Crippen molar-refractivity contribution in [1.82, 2.24) is 5.10 Å². The molecule has 0 spiro atoms. The van der Waals surface area contributed by atoms with Crippen LogP contribution in [-0.2, 0) is 7.05 Å². The van der Waals surface area contributed by atoms with Crippen molar-refractivity contribution in [1.29, 1.82) is 0 Å². The highest BCUT2D eigenvalue weighted by Crippen LogP contribution is 2.07. The predicted molar refractivity (Wildman–Crippen MR) is 42.9 cm³/mol. The predicted octanol–water partition coefficient (Wildman–Crippen LogP) is -3.70. The van der Waals surface area contributed by atoms with E-state index in [1.165, 1.54) is 10.8 Å². The van der Waals surface area contributed by atoms with E-state index in [1.807, 2.05) is 36.3 Å². The molecule has 0 fully saturated rings. The minimum absolute atomic E-state index is 1.19. The van der Waals surface area contributed by atoms with Gasteiger partial charge in [0, 0.05) is 10.8 Å². The van der Waals surface area contributed by atoms with Gasteiger partial charge >= 0.3 is 0 Å². The second-order valence-electron chi connectivity index (χ2n) is 2.95. The van der Waals surface area contributed by atoms with Gasteiger partial charge in [-0.1, -0.05) is 22.9 Å². The maximum atomic E-state index is 8.49. The molecule has 1 aromatic carbocycles. The Labute approximate surface area is 93.7 Å². The Bertz CT molecular complexity index is 466. The molecule has 0 radical (unpaired) electrons. The number of halogens is 1. The molecule has 0 bridgehead atoms. The van der Waals surface area contributed by atoms with Crippen molar-refractivity contribution >= 4 is 10.8 Å². The summed E-state index contributed by atoms with van der Waals surface area (Å²) in [7, 11) is -3.02. The van der Waals surface area contributed by atoms with Crippen molar-refractivity contribution in [3.63, 3.8) is 0 Å². The standard InChI is InChI=1S/C9H9N2.ClHO4/c1-11-7-9-5-3-2-4-8(9)6-10-11;2-1(3,4)5/h2-7H,1H3;(H,2,3,4,5)/q+1;/p-1. The van der Waals surface area contributed by atoms with Crippen LogP contribution in [0.25, 0.3) is 10.8 Å². The van der Waals surface area contributed by atoms with Crippen LogP contribution >= 0.6 is 0 Å². The lowest BCUT2D eigenvalue weighted by atomic mass is 10.2. The Hall–Kier alpha value is -1.31. The van der Waals surface area contributed by atoms with Crippen LogP contribution < -0.4 is 23.3 Å². The lowest BCUT2D eigenvalue weighted by Crippen LogP contribution is -2.68. The molecule has 0 aliphatic carbocycles. The second-order valence-corrected chi connectivity index (χ2v) is 3.71. The molecule has 0 atom stereocenters. The van der Waals surface area contributed by atoms with Crippen LogP contribution in [0, 0.1) is 10.2 Å². The fourth-order valence-corrected chi connectivity index (χ4v) is 1.13. The maximum Gasteiger partial charge on any atom is 0.203 e. The third-order valence-electron chi connectivity index (χ3n) is 1.70. The van der Waals surface area contributed by atoms with Crippen LogP contribution in [0.15, 0.2) is 36.7 Å². The Morgan fingerprint density at radius 1 is 1.06 bits per heavy atom. The Balaban J connectivity index is 0.000000221. The molecule has 7 heteroatoms. The number of hydrogen-bond acceptors (Lipinski definition) is 5. The fraction of sp³-hybridized carbons (Fsp3) is 0.111. The van der Waals surface area contributed by atoms with E-state index in [-0.39, 0.29) is 0 Å². The van der Waals surface area contributed by atoms with Crippen molar-refractivity contribution in [2.24, 2.45) is 7.05 Å². The van der Waals surface area contributed by atoms with Gasteiger partial charge in [-0.3, -0.25) is 0 Å². The van der Waals surface area contributed by atoms with Gasteiger partial charge in [0.25, 0.3) is 0 Å². The third-order valence-corrected chi connectivity index (χ3v) is 1.70. The lowest BCUT2D eigenvalue weighted by Gasteiger charge is -2.17. The molecule has 0 unspecified atom stereocenters. The molecule has 1 aromatic heterocycles. The van der Waals surface area contributed by atoms with Crippen molar-refractivity contribution in [3.05, 3.63) is 36.7 Å². The van der Waals surface area contributed by atoms with Gasteiger partial charge in [0.1, 0.15) is 6.20 Å². The first kappa shape index (κ1) is 12.8. The highest BCUT2D eigenvalue weighted by molar-refractivity contribution is 5.79. The zero-order valence-corrected chi connectivity index (χ0v) is 9.13. The number of rotatable bonds is 0. The molecular weight excluding hydrogens is 236 g/mol. The van der Waals surface area contributed by atoms with Crippen LogP contribution in [-0.4, -0.2) is 5.10 Å². The molecule has 0 aliphatic heterocycles. The number of aromatic nitrogens is 2. The van der Waals surface area contributed by atoms with E-state index in [9.17, 15) is 0 Å². The average molecular weight is 245 g/mol.